The fourth-order valence-electron chi connectivity index (χ4n) is 4.72. The quantitative estimate of drug-likeness (QED) is 0.0796. The van der Waals surface area contributed by atoms with E-state index in [1.807, 2.05) is 0 Å². The van der Waals surface area contributed by atoms with Crippen LogP contribution in [0.5, 0.6) is 0 Å². The highest BCUT2D eigenvalue weighted by Gasteiger charge is 2.13. The Morgan fingerprint density at radius 1 is 0.541 bits per heavy atom. The topological polar surface area (TPSA) is 70.1 Å². The number of nitrogens with zero attached hydrogens (tertiary/aromatic N) is 2. The van der Waals surface area contributed by atoms with Crippen molar-refractivity contribution in [1.82, 2.24) is 9.80 Å². The molecule has 0 heterocycles. The second-order valence-corrected chi connectivity index (χ2v) is 10.8. The zero-order chi connectivity index (χ0) is 27.4. The molecule has 6 heteroatoms. The SMILES string of the molecule is CCCCCCCCCN(CCCC(=O)OCCCCC)CCN(CCCCCCCCC)CC(=O)O. The lowest BCUT2D eigenvalue weighted by Gasteiger charge is -2.27. The third-order valence-corrected chi connectivity index (χ3v) is 7.11. The van der Waals surface area contributed by atoms with Crippen LogP contribution in [0.15, 0.2) is 0 Å². The second-order valence-electron chi connectivity index (χ2n) is 10.8. The van der Waals surface area contributed by atoms with Gasteiger partial charge in [0.25, 0.3) is 0 Å². The lowest BCUT2D eigenvalue weighted by Crippen LogP contribution is -2.39. The van der Waals surface area contributed by atoms with E-state index >= 15 is 0 Å². The summed E-state index contributed by atoms with van der Waals surface area (Å²) in [5.41, 5.74) is 0. The molecule has 6 nitrogen and oxygen atoms in total. The molecule has 0 fully saturated rings. The molecule has 0 aromatic carbocycles. The minimum atomic E-state index is -0.743. The van der Waals surface area contributed by atoms with Crippen molar-refractivity contribution in [3.8, 4) is 0 Å². The molecule has 0 unspecified atom stereocenters. The average molecular weight is 527 g/mol. The molecule has 0 aliphatic heterocycles. The molecule has 0 aromatic rings. The smallest absolute Gasteiger partial charge is 0.317 e. The first-order valence-electron chi connectivity index (χ1n) is 15.9. The molecule has 220 valence electrons. The van der Waals surface area contributed by atoms with Crippen molar-refractivity contribution in [2.45, 2.75) is 143 Å². The van der Waals surface area contributed by atoms with Gasteiger partial charge in [0, 0.05) is 19.5 Å². The van der Waals surface area contributed by atoms with Crippen LogP contribution in [0.1, 0.15) is 143 Å². The number of carbonyl (C=O) groups excluding carboxylic acids is 1. The Balaban J connectivity index is 4.51. The molecule has 0 saturated heterocycles. The lowest BCUT2D eigenvalue weighted by molar-refractivity contribution is -0.144. The van der Waals surface area contributed by atoms with Crippen molar-refractivity contribution < 1.29 is 19.4 Å². The molecule has 0 bridgehead atoms. The van der Waals surface area contributed by atoms with Gasteiger partial charge in [-0.25, -0.2) is 0 Å². The zero-order valence-corrected chi connectivity index (χ0v) is 25.0. The molecule has 0 atom stereocenters. The van der Waals surface area contributed by atoms with Gasteiger partial charge in [0.05, 0.1) is 13.2 Å². The summed E-state index contributed by atoms with van der Waals surface area (Å²) in [5, 5.41) is 9.41. The minimum Gasteiger partial charge on any atom is -0.480 e. The maximum absolute atomic E-state index is 12.1. The second kappa shape index (κ2) is 27.9. The molecular weight excluding hydrogens is 464 g/mol. The Morgan fingerprint density at radius 3 is 1.51 bits per heavy atom. The van der Waals surface area contributed by atoms with Crippen LogP contribution >= 0.6 is 0 Å². The first-order chi connectivity index (χ1) is 18.0. The van der Waals surface area contributed by atoms with Gasteiger partial charge < -0.3 is 14.7 Å². The maximum atomic E-state index is 12.1. The Hall–Kier alpha value is -1.14. The van der Waals surface area contributed by atoms with Gasteiger partial charge in [0.15, 0.2) is 0 Å². The minimum absolute atomic E-state index is 0.0848. The number of hydrogen-bond acceptors (Lipinski definition) is 5. The van der Waals surface area contributed by atoms with E-state index in [-0.39, 0.29) is 12.5 Å². The largest absolute Gasteiger partial charge is 0.480 e. The fourth-order valence-corrected chi connectivity index (χ4v) is 4.72. The molecule has 0 radical (unpaired) electrons. The van der Waals surface area contributed by atoms with Gasteiger partial charge in [-0.05, 0) is 45.3 Å². The van der Waals surface area contributed by atoms with Gasteiger partial charge >= 0.3 is 11.9 Å². The van der Waals surface area contributed by atoms with Crippen molar-refractivity contribution in [3.63, 3.8) is 0 Å². The summed E-state index contributed by atoms with van der Waals surface area (Å²) in [4.78, 5) is 28.1. The van der Waals surface area contributed by atoms with E-state index in [0.717, 1.165) is 64.8 Å². The number of esters is 1. The van der Waals surface area contributed by atoms with Crippen molar-refractivity contribution in [2.24, 2.45) is 0 Å². The number of rotatable bonds is 29. The van der Waals surface area contributed by atoms with Crippen LogP contribution in [0.25, 0.3) is 0 Å². The van der Waals surface area contributed by atoms with Gasteiger partial charge in [0.2, 0.25) is 0 Å². The summed E-state index contributed by atoms with van der Waals surface area (Å²) in [7, 11) is 0. The van der Waals surface area contributed by atoms with Gasteiger partial charge in [-0.1, -0.05) is 111 Å². The fraction of sp³-hybridized carbons (Fsp3) is 0.935. The number of aliphatic carboxylic acids is 1. The number of carboxylic acid groups (broad SMARTS) is 1. The summed E-state index contributed by atoms with van der Waals surface area (Å²) >= 11 is 0. The van der Waals surface area contributed by atoms with Crippen molar-refractivity contribution >= 4 is 11.9 Å². The van der Waals surface area contributed by atoms with Crippen LogP contribution in [-0.4, -0.2) is 72.7 Å². The van der Waals surface area contributed by atoms with E-state index in [9.17, 15) is 14.7 Å². The van der Waals surface area contributed by atoms with E-state index in [1.165, 1.54) is 83.5 Å². The first kappa shape index (κ1) is 35.9. The molecule has 0 rings (SSSR count). The number of unbranched alkanes of at least 4 members (excludes halogenated alkanes) is 14. The van der Waals surface area contributed by atoms with Crippen LogP contribution in [-0.2, 0) is 14.3 Å². The Bertz CT molecular complexity index is 515. The molecule has 0 amide bonds. The van der Waals surface area contributed by atoms with E-state index in [4.69, 9.17) is 4.74 Å². The van der Waals surface area contributed by atoms with Crippen molar-refractivity contribution in [2.75, 3.05) is 45.9 Å². The third kappa shape index (κ3) is 26.3. The maximum Gasteiger partial charge on any atom is 0.317 e. The number of carboxylic acids is 1. The molecular formula is C31H62N2O4. The molecule has 37 heavy (non-hydrogen) atoms. The molecule has 0 aromatic heterocycles. The zero-order valence-electron chi connectivity index (χ0n) is 25.0. The Kier molecular flexibility index (Phi) is 27.0. The average Bonchev–Trinajstić information content (AvgIpc) is 2.87. The van der Waals surface area contributed by atoms with Gasteiger partial charge in [-0.3, -0.25) is 14.5 Å². The predicted molar refractivity (Wildman–Crippen MR) is 156 cm³/mol. The highest BCUT2D eigenvalue weighted by atomic mass is 16.5. The highest BCUT2D eigenvalue weighted by Crippen LogP contribution is 2.10. The molecule has 1 N–H and O–H groups in total. The van der Waals surface area contributed by atoms with Crippen LogP contribution in [0.4, 0.5) is 0 Å². The van der Waals surface area contributed by atoms with E-state index in [1.54, 1.807) is 0 Å². The van der Waals surface area contributed by atoms with Crippen molar-refractivity contribution in [1.29, 1.82) is 0 Å². The molecule has 0 saturated carbocycles. The predicted octanol–water partition coefficient (Wildman–Crippen LogP) is 7.69. The van der Waals surface area contributed by atoms with Gasteiger partial charge in [-0.2, -0.15) is 0 Å². The highest BCUT2D eigenvalue weighted by molar-refractivity contribution is 5.69. The summed E-state index contributed by atoms with van der Waals surface area (Å²) in [5.74, 6) is -0.828. The monoisotopic (exact) mass is 526 g/mol. The summed E-state index contributed by atoms with van der Waals surface area (Å²) in [6.07, 6.45) is 22.1. The van der Waals surface area contributed by atoms with E-state index in [2.05, 4.69) is 30.6 Å². The van der Waals surface area contributed by atoms with Gasteiger partial charge in [-0.15, -0.1) is 0 Å². The Morgan fingerprint density at radius 2 is 0.973 bits per heavy atom. The molecule has 0 spiro atoms. The number of hydrogen-bond donors (Lipinski definition) is 1. The van der Waals surface area contributed by atoms with Crippen LogP contribution in [0, 0.1) is 0 Å². The third-order valence-electron chi connectivity index (χ3n) is 7.11. The van der Waals surface area contributed by atoms with E-state index in [0.29, 0.717) is 13.0 Å². The van der Waals surface area contributed by atoms with Crippen LogP contribution < -0.4 is 0 Å². The summed E-state index contributed by atoms with van der Waals surface area (Å²) < 4.78 is 5.37. The summed E-state index contributed by atoms with van der Waals surface area (Å²) in [6.45, 7) is 11.7. The molecule has 0 aliphatic carbocycles. The normalized spacial score (nSPS) is 11.5. The summed E-state index contributed by atoms with van der Waals surface area (Å²) in [6, 6.07) is 0. The Labute approximate surface area is 229 Å². The number of ether oxygens (including phenoxy) is 1. The number of carbonyl (C=O) groups is 2. The van der Waals surface area contributed by atoms with E-state index < -0.39 is 5.97 Å². The van der Waals surface area contributed by atoms with Crippen LogP contribution in [0.2, 0.25) is 0 Å². The first-order valence-corrected chi connectivity index (χ1v) is 15.9. The lowest BCUT2D eigenvalue weighted by atomic mass is 10.1. The van der Waals surface area contributed by atoms with Crippen molar-refractivity contribution in [3.05, 3.63) is 0 Å². The van der Waals surface area contributed by atoms with Crippen LogP contribution in [0.3, 0.4) is 0 Å². The standard InChI is InChI=1S/C31H62N2O4/c1-4-7-10-12-14-16-18-23-32(25-21-22-31(36)37-28-20-9-6-3)26-27-33(29-30(34)35)24-19-17-15-13-11-8-5-2/h4-29H2,1-3H3,(H,34,35). The molecule has 0 aliphatic rings. The van der Waals surface area contributed by atoms with Gasteiger partial charge in [0.1, 0.15) is 0 Å².